The molecule has 0 aliphatic carbocycles. The van der Waals surface area contributed by atoms with Crippen LogP contribution in [0.2, 0.25) is 0 Å². The van der Waals surface area contributed by atoms with Gasteiger partial charge in [0.25, 0.3) is 0 Å². The Hall–Kier alpha value is -5.98. The first kappa shape index (κ1) is 26.4. The molecule has 6 aromatic carbocycles. The highest BCUT2D eigenvalue weighted by Crippen LogP contribution is 2.39. The number of aromatic nitrogens is 4. The van der Waals surface area contributed by atoms with Crippen molar-refractivity contribution < 1.29 is 4.42 Å². The molecule has 0 aliphatic rings. The Labute approximate surface area is 268 Å². The van der Waals surface area contributed by atoms with Gasteiger partial charge in [0.05, 0.1) is 15.8 Å². The van der Waals surface area contributed by atoms with Gasteiger partial charge >= 0.3 is 0 Å². The summed E-state index contributed by atoms with van der Waals surface area (Å²) in [6.07, 6.45) is 0. The van der Waals surface area contributed by atoms with Crippen LogP contribution in [0.5, 0.6) is 0 Å². The summed E-state index contributed by atoms with van der Waals surface area (Å²) in [5.74, 6) is 1.81. The van der Waals surface area contributed by atoms with Gasteiger partial charge in [-0.15, -0.1) is 11.3 Å². The quantitative estimate of drug-likeness (QED) is 0.194. The predicted molar refractivity (Wildman–Crippen MR) is 187 cm³/mol. The van der Waals surface area contributed by atoms with Crippen molar-refractivity contribution in [1.29, 1.82) is 0 Å². The summed E-state index contributed by atoms with van der Waals surface area (Å²) in [5.41, 5.74) is 8.66. The van der Waals surface area contributed by atoms with E-state index in [0.29, 0.717) is 17.5 Å². The lowest BCUT2D eigenvalue weighted by Gasteiger charge is -2.08. The van der Waals surface area contributed by atoms with Gasteiger partial charge in [0.2, 0.25) is 0 Å². The Morgan fingerprint density at radius 2 is 1.04 bits per heavy atom. The van der Waals surface area contributed by atoms with Crippen molar-refractivity contribution in [2.24, 2.45) is 0 Å². The molecule has 0 aliphatic heterocycles. The summed E-state index contributed by atoms with van der Waals surface area (Å²) >= 11 is 1.72. The fourth-order valence-electron chi connectivity index (χ4n) is 5.89. The Balaban J connectivity index is 1.16. The average Bonchev–Trinajstić information content (AvgIpc) is 3.74. The van der Waals surface area contributed by atoms with E-state index in [1.54, 1.807) is 11.3 Å². The van der Waals surface area contributed by atoms with Gasteiger partial charge in [-0.2, -0.15) is 0 Å². The molecule has 216 valence electrons. The standard InChI is InChI=1S/C40H24N4OS/c1-4-11-25(12-5-1)37-42-38(26-13-6-2-7-14-26)44-39(43-37)31-18-10-17-30-32-23-28(20-22-34(32)45-36(30)31)29-19-21-33-35(24-29)46-40(41-33)27-15-8-3-9-16-27/h1-24H. The third-order valence-electron chi connectivity index (χ3n) is 8.18. The van der Waals surface area contributed by atoms with Gasteiger partial charge in [0, 0.05) is 27.5 Å². The number of hydrogen-bond acceptors (Lipinski definition) is 6. The van der Waals surface area contributed by atoms with E-state index in [9.17, 15) is 0 Å². The monoisotopic (exact) mass is 608 g/mol. The zero-order valence-corrected chi connectivity index (χ0v) is 25.3. The molecule has 9 aromatic rings. The van der Waals surface area contributed by atoms with Gasteiger partial charge in [-0.05, 0) is 41.5 Å². The van der Waals surface area contributed by atoms with Gasteiger partial charge in [-0.1, -0.05) is 115 Å². The van der Waals surface area contributed by atoms with Crippen LogP contribution >= 0.6 is 11.3 Å². The lowest BCUT2D eigenvalue weighted by molar-refractivity contribution is 0.669. The maximum Gasteiger partial charge on any atom is 0.167 e. The second-order valence-electron chi connectivity index (χ2n) is 11.1. The van der Waals surface area contributed by atoms with E-state index in [2.05, 4.69) is 54.6 Å². The molecular formula is C40H24N4OS. The fourth-order valence-corrected chi connectivity index (χ4v) is 6.90. The number of nitrogens with zero attached hydrogens (tertiary/aromatic N) is 4. The molecule has 0 N–H and O–H groups in total. The number of benzene rings is 6. The van der Waals surface area contributed by atoms with Crippen LogP contribution in [-0.2, 0) is 0 Å². The first-order valence-electron chi connectivity index (χ1n) is 15.1. The molecule has 0 amide bonds. The smallest absolute Gasteiger partial charge is 0.167 e. The van der Waals surface area contributed by atoms with Crippen LogP contribution in [0.15, 0.2) is 150 Å². The van der Waals surface area contributed by atoms with Crippen LogP contribution in [-0.4, -0.2) is 19.9 Å². The Bertz CT molecular complexity index is 2470. The number of furan rings is 1. The zero-order valence-electron chi connectivity index (χ0n) is 24.5. The molecule has 0 fully saturated rings. The number of rotatable bonds is 5. The Morgan fingerprint density at radius 1 is 0.435 bits per heavy atom. The molecule has 0 atom stereocenters. The lowest BCUT2D eigenvalue weighted by Crippen LogP contribution is -2.00. The predicted octanol–water partition coefficient (Wildman–Crippen LogP) is 10.7. The molecule has 0 unspecified atom stereocenters. The van der Waals surface area contributed by atoms with Crippen molar-refractivity contribution in [1.82, 2.24) is 19.9 Å². The molecular weight excluding hydrogens is 585 g/mol. The van der Waals surface area contributed by atoms with Crippen LogP contribution < -0.4 is 0 Å². The van der Waals surface area contributed by atoms with E-state index in [-0.39, 0.29) is 0 Å². The van der Waals surface area contributed by atoms with Gasteiger partial charge in [-0.25, -0.2) is 19.9 Å². The highest BCUT2D eigenvalue weighted by Gasteiger charge is 2.18. The van der Waals surface area contributed by atoms with Gasteiger partial charge in [-0.3, -0.25) is 0 Å². The van der Waals surface area contributed by atoms with E-state index >= 15 is 0 Å². The molecule has 6 heteroatoms. The molecule has 0 spiro atoms. The summed E-state index contributed by atoms with van der Waals surface area (Å²) in [6, 6.07) is 49.4. The first-order valence-corrected chi connectivity index (χ1v) is 15.9. The maximum absolute atomic E-state index is 6.53. The van der Waals surface area contributed by atoms with E-state index < -0.39 is 0 Å². The van der Waals surface area contributed by atoms with Gasteiger partial charge in [0.1, 0.15) is 16.2 Å². The minimum Gasteiger partial charge on any atom is -0.455 e. The van der Waals surface area contributed by atoms with Crippen LogP contribution in [0.1, 0.15) is 0 Å². The largest absolute Gasteiger partial charge is 0.455 e. The normalized spacial score (nSPS) is 11.5. The van der Waals surface area contributed by atoms with Crippen molar-refractivity contribution >= 4 is 43.5 Å². The molecule has 0 saturated carbocycles. The zero-order chi connectivity index (χ0) is 30.5. The highest BCUT2D eigenvalue weighted by molar-refractivity contribution is 7.21. The van der Waals surface area contributed by atoms with Crippen molar-refractivity contribution in [3.63, 3.8) is 0 Å². The van der Waals surface area contributed by atoms with Crippen LogP contribution in [0, 0.1) is 0 Å². The number of para-hydroxylation sites is 1. The first-order chi connectivity index (χ1) is 22.8. The molecule has 3 heterocycles. The summed E-state index contributed by atoms with van der Waals surface area (Å²) in [4.78, 5) is 19.6. The minimum atomic E-state index is 0.572. The molecule has 0 saturated heterocycles. The van der Waals surface area contributed by atoms with E-state index in [1.807, 2.05) is 91.0 Å². The second-order valence-corrected chi connectivity index (χ2v) is 12.1. The van der Waals surface area contributed by atoms with Gasteiger partial charge in [0.15, 0.2) is 17.5 Å². The third kappa shape index (κ3) is 4.64. The summed E-state index contributed by atoms with van der Waals surface area (Å²) in [6.45, 7) is 0. The highest BCUT2D eigenvalue weighted by atomic mass is 32.1. The fraction of sp³-hybridized carbons (Fsp3) is 0. The SMILES string of the molecule is c1ccc(-c2nc(-c3ccccc3)nc(-c3cccc4c3oc3ccc(-c5ccc6nc(-c7ccccc7)sc6c5)cc34)n2)cc1. The Kier molecular flexibility index (Phi) is 6.25. The molecule has 9 rings (SSSR count). The average molecular weight is 609 g/mol. The molecule has 46 heavy (non-hydrogen) atoms. The lowest BCUT2D eigenvalue weighted by atomic mass is 10.0. The topological polar surface area (TPSA) is 64.7 Å². The molecule has 3 aromatic heterocycles. The second kappa shape index (κ2) is 10.9. The van der Waals surface area contributed by atoms with E-state index in [0.717, 1.165) is 70.5 Å². The maximum atomic E-state index is 6.53. The molecule has 0 bridgehead atoms. The molecule has 5 nitrogen and oxygen atoms in total. The van der Waals surface area contributed by atoms with Crippen LogP contribution in [0.4, 0.5) is 0 Å². The number of thiazole rings is 1. The van der Waals surface area contributed by atoms with Crippen LogP contribution in [0.25, 0.3) is 88.0 Å². The van der Waals surface area contributed by atoms with E-state index in [4.69, 9.17) is 24.4 Å². The Morgan fingerprint density at radius 3 is 1.74 bits per heavy atom. The van der Waals surface area contributed by atoms with Crippen LogP contribution in [0.3, 0.4) is 0 Å². The summed E-state index contributed by atoms with van der Waals surface area (Å²) in [5, 5.41) is 3.09. The molecule has 0 radical (unpaired) electrons. The van der Waals surface area contributed by atoms with Crippen molar-refractivity contribution in [3.05, 3.63) is 146 Å². The minimum absolute atomic E-state index is 0.572. The van der Waals surface area contributed by atoms with Crippen molar-refractivity contribution in [2.45, 2.75) is 0 Å². The van der Waals surface area contributed by atoms with Crippen molar-refractivity contribution in [3.8, 4) is 55.9 Å². The van der Waals surface area contributed by atoms with Gasteiger partial charge < -0.3 is 4.42 Å². The number of fused-ring (bicyclic) bond motifs is 4. The number of hydrogen-bond donors (Lipinski definition) is 0. The third-order valence-corrected chi connectivity index (χ3v) is 9.25. The summed E-state index contributed by atoms with van der Waals surface area (Å²) in [7, 11) is 0. The van der Waals surface area contributed by atoms with E-state index in [1.165, 1.54) is 0 Å². The summed E-state index contributed by atoms with van der Waals surface area (Å²) < 4.78 is 7.70. The van der Waals surface area contributed by atoms with Crippen molar-refractivity contribution in [2.75, 3.05) is 0 Å².